The normalized spacial score (nSPS) is 22.5. The number of amides is 1. The highest BCUT2D eigenvalue weighted by atomic mass is 19.1. The van der Waals surface area contributed by atoms with Gasteiger partial charge >= 0.3 is 0 Å². The number of piperazine rings is 1. The number of benzene rings is 1. The van der Waals surface area contributed by atoms with Crippen molar-refractivity contribution in [3.05, 3.63) is 42.6 Å². The molecule has 33 heavy (non-hydrogen) atoms. The average molecular weight is 451 g/mol. The van der Waals surface area contributed by atoms with Gasteiger partial charge < -0.3 is 10.2 Å². The van der Waals surface area contributed by atoms with Gasteiger partial charge in [-0.25, -0.2) is 9.37 Å². The molecular weight excluding hydrogens is 419 g/mol. The lowest BCUT2D eigenvalue weighted by Crippen LogP contribution is -2.50. The van der Waals surface area contributed by atoms with E-state index in [1.54, 1.807) is 16.9 Å². The van der Waals surface area contributed by atoms with Gasteiger partial charge in [-0.3, -0.25) is 14.4 Å². The fraction of sp³-hybridized carbons (Fsp3) is 0.480. The number of halogens is 1. The minimum atomic E-state index is -0.334. The topological polar surface area (TPSA) is 66.3 Å². The molecule has 0 bridgehead atoms. The first kappa shape index (κ1) is 22.0. The molecule has 1 aromatic carbocycles. The van der Waals surface area contributed by atoms with E-state index >= 15 is 0 Å². The molecule has 1 aliphatic carbocycles. The van der Waals surface area contributed by atoms with Crippen LogP contribution in [-0.2, 0) is 11.8 Å². The predicted octanol–water partition coefficient (Wildman–Crippen LogP) is 3.52. The minimum Gasteiger partial charge on any atom is -0.310 e. The first-order valence-corrected chi connectivity index (χ1v) is 11.8. The molecule has 1 aliphatic heterocycles. The molecule has 0 atom stereocenters. The Morgan fingerprint density at radius 1 is 1.00 bits per heavy atom. The summed E-state index contributed by atoms with van der Waals surface area (Å²) in [5.41, 5.74) is 1.59. The second kappa shape index (κ2) is 9.19. The highest BCUT2D eigenvalue weighted by Gasteiger charge is 2.30. The van der Waals surface area contributed by atoms with Crippen LogP contribution in [0, 0.1) is 11.7 Å². The first-order valence-electron chi connectivity index (χ1n) is 11.8. The second-order valence-corrected chi connectivity index (χ2v) is 9.49. The molecule has 3 aromatic rings. The van der Waals surface area contributed by atoms with Gasteiger partial charge in [0, 0.05) is 68.5 Å². The monoisotopic (exact) mass is 450 g/mol. The van der Waals surface area contributed by atoms with Gasteiger partial charge in [0.25, 0.3) is 0 Å². The Labute approximate surface area is 193 Å². The van der Waals surface area contributed by atoms with Gasteiger partial charge in [0.2, 0.25) is 5.91 Å². The van der Waals surface area contributed by atoms with Crippen LogP contribution in [-0.4, -0.2) is 69.7 Å². The first-order chi connectivity index (χ1) is 16.0. The van der Waals surface area contributed by atoms with Gasteiger partial charge in [-0.05, 0) is 61.9 Å². The van der Waals surface area contributed by atoms with Crippen molar-refractivity contribution >= 4 is 22.5 Å². The lowest BCUT2D eigenvalue weighted by molar-refractivity contribution is -0.121. The summed E-state index contributed by atoms with van der Waals surface area (Å²) in [5.74, 6) is 0.155. The van der Waals surface area contributed by atoms with E-state index in [1.165, 1.54) is 12.3 Å². The third kappa shape index (κ3) is 4.77. The Morgan fingerprint density at radius 3 is 2.45 bits per heavy atom. The second-order valence-electron chi connectivity index (χ2n) is 9.49. The van der Waals surface area contributed by atoms with Crippen molar-refractivity contribution in [2.45, 2.75) is 31.7 Å². The molecule has 0 spiro atoms. The Balaban J connectivity index is 1.25. The number of aromatic nitrogens is 3. The van der Waals surface area contributed by atoms with Gasteiger partial charge in [-0.15, -0.1) is 0 Å². The van der Waals surface area contributed by atoms with Gasteiger partial charge in [-0.1, -0.05) is 0 Å². The third-order valence-corrected chi connectivity index (χ3v) is 7.20. The van der Waals surface area contributed by atoms with Crippen LogP contribution in [0.25, 0.3) is 21.9 Å². The highest BCUT2D eigenvalue weighted by Crippen LogP contribution is 2.30. The van der Waals surface area contributed by atoms with Crippen molar-refractivity contribution < 1.29 is 9.18 Å². The van der Waals surface area contributed by atoms with Crippen molar-refractivity contribution in [2.75, 3.05) is 38.5 Å². The lowest BCUT2D eigenvalue weighted by Gasteiger charge is -2.40. The van der Waals surface area contributed by atoms with E-state index in [1.807, 2.05) is 19.3 Å². The molecule has 0 radical (unpaired) electrons. The molecule has 5 rings (SSSR count). The maximum atomic E-state index is 14.7. The van der Waals surface area contributed by atoms with Crippen molar-refractivity contribution in [2.24, 2.45) is 13.0 Å². The fourth-order valence-electron chi connectivity index (χ4n) is 5.14. The average Bonchev–Trinajstić information content (AvgIpc) is 3.26. The molecule has 3 heterocycles. The van der Waals surface area contributed by atoms with Crippen molar-refractivity contribution in [3.8, 4) is 11.1 Å². The van der Waals surface area contributed by atoms with Crippen molar-refractivity contribution in [3.63, 3.8) is 0 Å². The van der Waals surface area contributed by atoms with Crippen LogP contribution in [0.3, 0.4) is 0 Å². The Hall–Kier alpha value is -2.84. The number of pyridine rings is 1. The van der Waals surface area contributed by atoms with E-state index in [9.17, 15) is 9.18 Å². The van der Waals surface area contributed by atoms with E-state index in [4.69, 9.17) is 0 Å². The van der Waals surface area contributed by atoms with Crippen LogP contribution in [0.2, 0.25) is 0 Å². The van der Waals surface area contributed by atoms with Crippen LogP contribution in [0.4, 0.5) is 10.2 Å². The van der Waals surface area contributed by atoms with Crippen LogP contribution in [0.5, 0.6) is 0 Å². The number of carbonyl (C=O) groups excluding carboxylic acids is 1. The molecule has 2 aliphatic rings. The number of carbonyl (C=O) groups is 1. The zero-order chi connectivity index (χ0) is 22.9. The van der Waals surface area contributed by atoms with E-state index in [2.05, 4.69) is 32.2 Å². The molecular formula is C25H31FN6O. The van der Waals surface area contributed by atoms with Crippen LogP contribution in [0.15, 0.2) is 36.8 Å². The van der Waals surface area contributed by atoms with Gasteiger partial charge in [0.15, 0.2) is 0 Å². The summed E-state index contributed by atoms with van der Waals surface area (Å²) in [5, 5.41) is 8.29. The molecule has 2 aromatic heterocycles. The van der Waals surface area contributed by atoms with Gasteiger partial charge in [-0.2, -0.15) is 5.10 Å². The summed E-state index contributed by atoms with van der Waals surface area (Å²) in [6.45, 7) is 4.49. The van der Waals surface area contributed by atoms with Crippen molar-refractivity contribution in [1.82, 2.24) is 24.6 Å². The molecule has 1 saturated heterocycles. The Bertz CT molecular complexity index is 1150. The number of hydrogen-bond acceptors (Lipinski definition) is 5. The van der Waals surface area contributed by atoms with Crippen LogP contribution >= 0.6 is 0 Å². The van der Waals surface area contributed by atoms with Gasteiger partial charge in [0.05, 0.1) is 6.20 Å². The number of nitrogens with one attached hydrogen (secondary N) is 1. The SMILES string of the molecule is CN1CCN([C@H]2CC[C@@H](C(=O)Nc3cc4cc(-c5cnn(C)c5)cc(F)c4cn3)CC2)CC1. The molecule has 0 unspecified atom stereocenters. The summed E-state index contributed by atoms with van der Waals surface area (Å²) in [6.07, 6.45) is 8.98. The number of fused-ring (bicyclic) bond motifs is 1. The largest absolute Gasteiger partial charge is 0.310 e. The van der Waals surface area contributed by atoms with E-state index in [0.717, 1.165) is 63.0 Å². The number of hydrogen-bond donors (Lipinski definition) is 1. The summed E-state index contributed by atoms with van der Waals surface area (Å²) < 4.78 is 16.4. The van der Waals surface area contributed by atoms with Crippen LogP contribution < -0.4 is 5.32 Å². The molecule has 1 N–H and O–H groups in total. The highest BCUT2D eigenvalue weighted by molar-refractivity contribution is 5.95. The number of nitrogens with zero attached hydrogens (tertiary/aromatic N) is 5. The van der Waals surface area contributed by atoms with Gasteiger partial charge in [0.1, 0.15) is 11.6 Å². The van der Waals surface area contributed by atoms with Crippen LogP contribution in [0.1, 0.15) is 25.7 Å². The smallest absolute Gasteiger partial charge is 0.228 e. The van der Waals surface area contributed by atoms with E-state index < -0.39 is 0 Å². The lowest BCUT2D eigenvalue weighted by atomic mass is 9.84. The standard InChI is InChI=1S/C25H31FN6O/c1-30-7-9-32(10-8-30)21-5-3-17(4-6-21)25(33)29-24-13-19-11-18(20-14-28-31(2)16-20)12-23(26)22(19)15-27-24/h11-17,21H,3-10H2,1-2H3,(H,27,29,33)/t17-,21+. The predicted molar refractivity (Wildman–Crippen MR) is 127 cm³/mol. The summed E-state index contributed by atoms with van der Waals surface area (Å²) in [6, 6.07) is 5.76. The number of aryl methyl sites for hydroxylation is 1. The maximum absolute atomic E-state index is 14.7. The molecule has 7 nitrogen and oxygen atoms in total. The number of rotatable bonds is 4. The molecule has 1 amide bonds. The third-order valence-electron chi connectivity index (χ3n) is 7.20. The van der Waals surface area contributed by atoms with E-state index in [-0.39, 0.29) is 17.6 Å². The zero-order valence-electron chi connectivity index (χ0n) is 19.3. The van der Waals surface area contributed by atoms with Crippen molar-refractivity contribution in [1.29, 1.82) is 0 Å². The molecule has 174 valence electrons. The Kier molecular flexibility index (Phi) is 6.12. The number of anilines is 1. The summed E-state index contributed by atoms with van der Waals surface area (Å²) in [4.78, 5) is 22.2. The minimum absolute atomic E-state index is 0.00433. The fourth-order valence-corrected chi connectivity index (χ4v) is 5.14. The maximum Gasteiger partial charge on any atom is 0.228 e. The molecule has 8 heteroatoms. The molecule has 2 fully saturated rings. The Morgan fingerprint density at radius 2 is 1.76 bits per heavy atom. The zero-order valence-corrected chi connectivity index (χ0v) is 19.3. The molecule has 1 saturated carbocycles. The summed E-state index contributed by atoms with van der Waals surface area (Å²) in [7, 11) is 4.00. The summed E-state index contributed by atoms with van der Waals surface area (Å²) >= 11 is 0. The quantitative estimate of drug-likeness (QED) is 0.659. The number of likely N-dealkylation sites (N-methyl/N-ethyl adjacent to an activating group) is 1. The van der Waals surface area contributed by atoms with E-state index in [0.29, 0.717) is 22.6 Å².